The summed E-state index contributed by atoms with van der Waals surface area (Å²) in [7, 11) is -3.75. The highest BCUT2D eigenvalue weighted by Crippen LogP contribution is 2.37. The lowest BCUT2D eigenvalue weighted by atomic mass is 10.0. The van der Waals surface area contributed by atoms with Crippen molar-refractivity contribution in [2.45, 2.75) is 44.3 Å². The third kappa shape index (κ3) is 8.54. The van der Waals surface area contributed by atoms with Gasteiger partial charge in [-0.1, -0.05) is 60.0 Å². The molecule has 8 rings (SSSR count). The lowest BCUT2D eigenvalue weighted by Gasteiger charge is -2.32. The molecular formula is C40H40N10O8S3. The number of rotatable bonds is 14. The van der Waals surface area contributed by atoms with E-state index in [2.05, 4.69) is 49.0 Å². The predicted octanol–water partition coefficient (Wildman–Crippen LogP) is 2.55. The zero-order valence-corrected chi connectivity index (χ0v) is 34.9. The minimum absolute atomic E-state index is 0.00390. The monoisotopic (exact) mass is 884 g/mol. The van der Waals surface area contributed by atoms with Crippen LogP contribution in [0.1, 0.15) is 63.6 Å². The summed E-state index contributed by atoms with van der Waals surface area (Å²) in [4.78, 5) is 64.4. The Bertz CT molecular complexity index is 2730. The maximum Gasteiger partial charge on any atom is 0.266 e. The van der Waals surface area contributed by atoms with Crippen LogP contribution in [0.15, 0.2) is 66.9 Å². The largest absolute Gasteiger partial charge is 0.483 e. The topological polar surface area (TPSA) is 254 Å². The Balaban J connectivity index is 0.887. The number of nitrogen functional groups attached to an aromatic ring is 1. The van der Waals surface area contributed by atoms with Gasteiger partial charge in [-0.2, -0.15) is 0 Å². The van der Waals surface area contributed by atoms with E-state index >= 15 is 0 Å². The van der Waals surface area contributed by atoms with E-state index in [4.69, 9.17) is 28.4 Å². The van der Waals surface area contributed by atoms with Gasteiger partial charge in [0.2, 0.25) is 32.1 Å². The molecule has 1 atom stereocenters. The van der Waals surface area contributed by atoms with E-state index in [1.807, 2.05) is 30.3 Å². The summed E-state index contributed by atoms with van der Waals surface area (Å²) in [5.41, 5.74) is 16.3. The second-order valence-electron chi connectivity index (χ2n) is 14.8. The van der Waals surface area contributed by atoms with Crippen LogP contribution in [0.2, 0.25) is 0 Å². The first-order chi connectivity index (χ1) is 29.3. The first-order valence-corrected chi connectivity index (χ1v) is 22.2. The highest BCUT2D eigenvalue weighted by atomic mass is 32.2. The Labute approximate surface area is 358 Å². The molecule has 0 radical (unpaired) electrons. The lowest BCUT2D eigenvalue weighted by molar-refractivity contribution is -0.136. The fraction of sp³-hybridized carbons (Fsp3) is 0.300. The molecule has 316 valence electrons. The second-order valence-corrected chi connectivity index (χ2v) is 18.3. The van der Waals surface area contributed by atoms with Gasteiger partial charge in [0.1, 0.15) is 16.8 Å². The summed E-state index contributed by atoms with van der Waals surface area (Å²) in [6.07, 6.45) is 3.16. The Morgan fingerprint density at radius 3 is 2.51 bits per heavy atom. The molecule has 5 aromatic rings. The van der Waals surface area contributed by atoms with Crippen molar-refractivity contribution in [2.24, 2.45) is 5.73 Å². The molecule has 61 heavy (non-hydrogen) atoms. The molecule has 0 spiro atoms. The van der Waals surface area contributed by atoms with Gasteiger partial charge in [0.15, 0.2) is 6.61 Å². The zero-order chi connectivity index (χ0) is 43.0. The standard InChI is InChI=1S/C40H40N10O8S3/c41-35(59)24-4-1-3-23(18-24)28-20-49(30-17-22(7-8-26(28)30)19-44-40-47-46-39(42)60-40)25-11-14-48(15-12-25)61(56,57)16-13-43-33(52)21-58-31-6-2-5-27-34(31)38(55)50(37(27)54)29-9-10-32(51)45-36(29)53/h1-8,17-18,20,25,29H,9-16,19,21H2,(H2,41,59)(H2,42,46)(H,43,52)(H,44,47)(H,45,51,53). The van der Waals surface area contributed by atoms with Crippen molar-refractivity contribution in [1.29, 1.82) is 0 Å². The van der Waals surface area contributed by atoms with Crippen LogP contribution >= 0.6 is 23.6 Å². The average Bonchev–Trinajstić information content (AvgIpc) is 3.92. The van der Waals surface area contributed by atoms with E-state index < -0.39 is 52.2 Å². The summed E-state index contributed by atoms with van der Waals surface area (Å²) in [5, 5.41) is 17.9. The van der Waals surface area contributed by atoms with Crippen LogP contribution in [0.25, 0.3) is 22.0 Å². The number of sulfonamides is 1. The summed E-state index contributed by atoms with van der Waals surface area (Å²) in [6, 6.07) is 17.1. The second kappa shape index (κ2) is 17.0. The quantitative estimate of drug-likeness (QED) is 0.0794. The number of fused-ring (bicyclic) bond motifs is 2. The van der Waals surface area contributed by atoms with E-state index in [1.165, 1.54) is 33.8 Å². The molecular weight excluding hydrogens is 845 g/mol. The number of imide groups is 2. The number of ether oxygens (including phenoxy) is 1. The molecule has 1 unspecified atom stereocenters. The van der Waals surface area contributed by atoms with Gasteiger partial charge in [0.05, 0.1) is 16.9 Å². The molecule has 2 aromatic heterocycles. The Morgan fingerprint density at radius 1 is 0.984 bits per heavy atom. The first kappa shape index (κ1) is 41.4. The zero-order valence-electron chi connectivity index (χ0n) is 32.5. The van der Waals surface area contributed by atoms with Gasteiger partial charge in [0, 0.05) is 66.9 Å². The number of nitrogens with one attached hydrogen (secondary N) is 3. The summed E-state index contributed by atoms with van der Waals surface area (Å²) in [6.45, 7) is 0.290. The number of carbonyl (C=O) groups is 5. The molecule has 3 aromatic carbocycles. The summed E-state index contributed by atoms with van der Waals surface area (Å²) in [5.74, 6) is -3.74. The molecule has 18 nitrogen and oxygen atoms in total. The number of nitrogens with zero attached hydrogens (tertiary/aromatic N) is 5. The van der Waals surface area contributed by atoms with Crippen molar-refractivity contribution in [3.05, 3.63) is 89.1 Å². The van der Waals surface area contributed by atoms with Crippen LogP contribution in [0.4, 0.5) is 10.3 Å². The van der Waals surface area contributed by atoms with Crippen molar-refractivity contribution in [3.63, 3.8) is 0 Å². The average molecular weight is 885 g/mol. The maximum atomic E-state index is 13.5. The molecule has 0 aliphatic carbocycles. The van der Waals surface area contributed by atoms with E-state index in [0.717, 1.165) is 38.1 Å². The van der Waals surface area contributed by atoms with Gasteiger partial charge in [-0.3, -0.25) is 34.2 Å². The normalized spacial score (nSPS) is 17.4. The van der Waals surface area contributed by atoms with Crippen molar-refractivity contribution >= 4 is 89.3 Å². The van der Waals surface area contributed by atoms with Crippen LogP contribution in [-0.2, 0) is 31.0 Å². The number of aromatic nitrogens is 3. The highest BCUT2D eigenvalue weighted by Gasteiger charge is 2.46. The van der Waals surface area contributed by atoms with Crippen LogP contribution in [0, 0.1) is 0 Å². The number of piperidine rings is 2. The van der Waals surface area contributed by atoms with Gasteiger partial charge >= 0.3 is 0 Å². The Hall–Kier alpha value is -6.29. The van der Waals surface area contributed by atoms with Crippen LogP contribution in [-0.4, -0.2) is 105 Å². The van der Waals surface area contributed by atoms with Crippen LogP contribution in [0.5, 0.6) is 5.75 Å². The van der Waals surface area contributed by atoms with Crippen LogP contribution in [0.3, 0.4) is 0 Å². The number of benzene rings is 3. The third-order valence-corrected chi connectivity index (χ3v) is 13.7. The third-order valence-electron chi connectivity index (χ3n) is 10.9. The molecule has 3 aliphatic heterocycles. The molecule has 2 saturated heterocycles. The number of carbonyl (C=O) groups excluding carboxylic acids is 5. The number of hydrogen-bond donors (Lipinski definition) is 5. The smallest absolute Gasteiger partial charge is 0.266 e. The van der Waals surface area contributed by atoms with E-state index in [-0.39, 0.29) is 61.1 Å². The fourth-order valence-corrected chi connectivity index (χ4v) is 9.93. The van der Waals surface area contributed by atoms with Crippen molar-refractivity contribution in [2.75, 3.05) is 43.0 Å². The van der Waals surface area contributed by atoms with Gasteiger partial charge in [-0.25, -0.2) is 12.7 Å². The maximum absolute atomic E-state index is 13.5. The number of anilines is 2. The number of nitrogens with two attached hydrogens (primary N) is 2. The SMILES string of the molecule is NC(=S)c1cccc(-c2cn(C3CCN(S(=O)(=O)CCNC(=O)COc4cccc5c4C(=O)N(C4CCC(=O)NC4=O)C5=O)CC3)c3cc(CNc4nnc(N)s4)ccc23)c1. The van der Waals surface area contributed by atoms with Gasteiger partial charge in [-0.15, -0.1) is 10.2 Å². The van der Waals surface area contributed by atoms with Crippen molar-refractivity contribution in [3.8, 4) is 16.9 Å². The number of amides is 5. The van der Waals surface area contributed by atoms with Crippen molar-refractivity contribution in [1.82, 2.24) is 34.6 Å². The van der Waals surface area contributed by atoms with E-state index in [1.54, 1.807) is 0 Å². The van der Waals surface area contributed by atoms with Gasteiger partial charge in [-0.05, 0) is 54.7 Å². The molecule has 7 N–H and O–H groups in total. The first-order valence-electron chi connectivity index (χ1n) is 19.4. The molecule has 0 bridgehead atoms. The molecule has 5 amide bonds. The molecule has 5 heterocycles. The number of hydrogen-bond acceptors (Lipinski definition) is 14. The molecule has 3 aliphatic rings. The van der Waals surface area contributed by atoms with E-state index in [9.17, 15) is 32.4 Å². The fourth-order valence-electron chi connectivity index (χ4n) is 7.91. The number of thiocarbonyl (C=S) groups is 1. The minimum Gasteiger partial charge on any atom is -0.483 e. The Morgan fingerprint density at radius 2 is 1.77 bits per heavy atom. The van der Waals surface area contributed by atoms with Crippen LogP contribution < -0.4 is 32.2 Å². The lowest BCUT2D eigenvalue weighted by Crippen LogP contribution is -2.54. The highest BCUT2D eigenvalue weighted by molar-refractivity contribution is 7.89. The Kier molecular flexibility index (Phi) is 11.5. The van der Waals surface area contributed by atoms with E-state index in [0.29, 0.717) is 34.6 Å². The predicted molar refractivity (Wildman–Crippen MR) is 230 cm³/mol. The van der Waals surface area contributed by atoms with Crippen molar-refractivity contribution < 1.29 is 37.1 Å². The molecule has 0 saturated carbocycles. The summed E-state index contributed by atoms with van der Waals surface area (Å²) < 4.78 is 36.2. The summed E-state index contributed by atoms with van der Waals surface area (Å²) >= 11 is 6.51. The molecule has 2 fully saturated rings. The molecule has 21 heteroatoms. The van der Waals surface area contributed by atoms with Gasteiger partial charge < -0.3 is 31.4 Å². The van der Waals surface area contributed by atoms with Gasteiger partial charge in [0.25, 0.3) is 17.7 Å². The minimum atomic E-state index is -3.75.